The molecule has 0 saturated heterocycles. The number of nitrogens with one attached hydrogen (secondary N) is 1. The van der Waals surface area contributed by atoms with E-state index in [1.54, 1.807) is 0 Å². The van der Waals surface area contributed by atoms with Crippen molar-refractivity contribution < 1.29 is 0 Å². The van der Waals surface area contributed by atoms with Crippen LogP contribution >= 0.6 is 0 Å². The summed E-state index contributed by atoms with van der Waals surface area (Å²) < 4.78 is 0. The molecule has 1 unspecified atom stereocenters. The van der Waals surface area contributed by atoms with Crippen LogP contribution in [0.15, 0.2) is 0 Å². The molecule has 0 spiro atoms. The molecule has 2 atom stereocenters. The first-order chi connectivity index (χ1) is 8.07. The summed E-state index contributed by atoms with van der Waals surface area (Å²) in [5.41, 5.74) is 0.584. The Kier molecular flexibility index (Phi) is 4.52. The van der Waals surface area contributed by atoms with Crippen LogP contribution in [-0.4, -0.2) is 12.1 Å². The quantitative estimate of drug-likeness (QED) is 0.712. The molecule has 0 aromatic heterocycles. The van der Waals surface area contributed by atoms with E-state index in [1.807, 2.05) is 0 Å². The van der Waals surface area contributed by atoms with Crippen molar-refractivity contribution in [1.82, 2.24) is 5.32 Å². The maximum Gasteiger partial charge on any atom is 0.00749 e. The maximum absolute atomic E-state index is 3.93. The van der Waals surface area contributed by atoms with Crippen molar-refractivity contribution in [2.75, 3.05) is 0 Å². The van der Waals surface area contributed by atoms with Gasteiger partial charge in [0.2, 0.25) is 0 Å². The largest absolute Gasteiger partial charge is 0.311 e. The molecular formula is C16H31N. The van der Waals surface area contributed by atoms with Crippen molar-refractivity contribution in [2.45, 2.75) is 90.6 Å². The molecule has 0 bridgehead atoms. The van der Waals surface area contributed by atoms with Gasteiger partial charge in [0.25, 0.3) is 0 Å². The summed E-state index contributed by atoms with van der Waals surface area (Å²) in [6, 6.07) is 1.54. The first-order valence-electron chi connectivity index (χ1n) is 7.83. The van der Waals surface area contributed by atoms with Crippen molar-refractivity contribution in [1.29, 1.82) is 0 Å². The van der Waals surface area contributed by atoms with Crippen LogP contribution in [0.25, 0.3) is 0 Å². The molecule has 0 amide bonds. The molecule has 17 heavy (non-hydrogen) atoms. The molecule has 2 aliphatic rings. The molecule has 0 aromatic rings. The lowest BCUT2D eigenvalue weighted by atomic mass is 9.90. The van der Waals surface area contributed by atoms with E-state index in [1.165, 1.54) is 57.8 Å². The van der Waals surface area contributed by atoms with Gasteiger partial charge in [0.05, 0.1) is 0 Å². The van der Waals surface area contributed by atoms with Gasteiger partial charge in [0.1, 0.15) is 0 Å². The first kappa shape index (κ1) is 13.4. The second-order valence-electron chi connectivity index (χ2n) is 7.31. The molecule has 0 aromatic carbocycles. The molecule has 1 nitrogen and oxygen atoms in total. The summed E-state index contributed by atoms with van der Waals surface area (Å²) in [7, 11) is 0. The Morgan fingerprint density at radius 1 is 1.00 bits per heavy atom. The molecule has 0 heterocycles. The zero-order chi connectivity index (χ0) is 12.3. The van der Waals surface area contributed by atoms with E-state index in [4.69, 9.17) is 0 Å². The number of hydrogen-bond donors (Lipinski definition) is 1. The monoisotopic (exact) mass is 237 g/mol. The van der Waals surface area contributed by atoms with Gasteiger partial charge in [0, 0.05) is 12.1 Å². The van der Waals surface area contributed by atoms with Gasteiger partial charge in [-0.05, 0) is 50.4 Å². The lowest BCUT2D eigenvalue weighted by Gasteiger charge is -2.27. The van der Waals surface area contributed by atoms with Crippen LogP contribution < -0.4 is 5.32 Å². The summed E-state index contributed by atoms with van der Waals surface area (Å²) in [6.45, 7) is 7.28. The second-order valence-corrected chi connectivity index (χ2v) is 7.31. The Bertz CT molecular complexity index is 226. The molecule has 2 fully saturated rings. The van der Waals surface area contributed by atoms with Crippen molar-refractivity contribution in [3.8, 4) is 0 Å². The molecule has 100 valence electrons. The van der Waals surface area contributed by atoms with Crippen molar-refractivity contribution >= 4 is 0 Å². The third-order valence-corrected chi connectivity index (χ3v) is 5.07. The molecule has 2 aliphatic carbocycles. The molecule has 2 saturated carbocycles. The van der Waals surface area contributed by atoms with E-state index < -0.39 is 0 Å². The fraction of sp³-hybridized carbons (Fsp3) is 1.00. The lowest BCUT2D eigenvalue weighted by Crippen LogP contribution is -2.40. The van der Waals surface area contributed by atoms with Gasteiger partial charge >= 0.3 is 0 Å². The number of hydrogen-bond acceptors (Lipinski definition) is 1. The van der Waals surface area contributed by atoms with E-state index >= 15 is 0 Å². The van der Waals surface area contributed by atoms with Crippen molar-refractivity contribution in [3.05, 3.63) is 0 Å². The van der Waals surface area contributed by atoms with E-state index in [2.05, 4.69) is 26.1 Å². The Morgan fingerprint density at radius 3 is 2.18 bits per heavy atom. The van der Waals surface area contributed by atoms with Crippen LogP contribution in [0.5, 0.6) is 0 Å². The zero-order valence-corrected chi connectivity index (χ0v) is 12.1. The molecule has 1 heteroatoms. The third-order valence-electron chi connectivity index (χ3n) is 5.07. The molecule has 2 rings (SSSR count). The Labute approximate surface area is 108 Å². The predicted octanol–water partition coefficient (Wildman–Crippen LogP) is 4.51. The highest BCUT2D eigenvalue weighted by molar-refractivity contribution is 4.89. The molecule has 1 N–H and O–H groups in total. The minimum absolute atomic E-state index is 0.584. The summed E-state index contributed by atoms with van der Waals surface area (Å²) >= 11 is 0. The summed E-state index contributed by atoms with van der Waals surface area (Å²) in [5.74, 6) is 0.946. The van der Waals surface area contributed by atoms with E-state index in [9.17, 15) is 0 Å². The fourth-order valence-corrected chi connectivity index (χ4v) is 3.90. The van der Waals surface area contributed by atoms with Crippen LogP contribution in [0.2, 0.25) is 0 Å². The van der Waals surface area contributed by atoms with Crippen molar-refractivity contribution in [2.24, 2.45) is 11.3 Å². The van der Waals surface area contributed by atoms with E-state index in [-0.39, 0.29) is 0 Å². The zero-order valence-electron chi connectivity index (χ0n) is 12.1. The Hall–Kier alpha value is -0.0400. The van der Waals surface area contributed by atoms with Crippen LogP contribution in [0.3, 0.4) is 0 Å². The van der Waals surface area contributed by atoms with Crippen LogP contribution in [-0.2, 0) is 0 Å². The van der Waals surface area contributed by atoms with Gasteiger partial charge in [-0.2, -0.15) is 0 Å². The van der Waals surface area contributed by atoms with Gasteiger partial charge < -0.3 is 5.32 Å². The SMILES string of the molecule is C[C@@H](NC1CCC(C)(C)C1)C1CCCCCC1. The van der Waals surface area contributed by atoms with Crippen LogP contribution in [0.1, 0.15) is 78.6 Å². The Balaban J connectivity index is 1.78. The average molecular weight is 237 g/mol. The number of rotatable bonds is 3. The molecule has 0 radical (unpaired) electrons. The minimum atomic E-state index is 0.584. The van der Waals surface area contributed by atoms with E-state index in [0.717, 1.165) is 18.0 Å². The van der Waals surface area contributed by atoms with Crippen LogP contribution in [0, 0.1) is 11.3 Å². The van der Waals surface area contributed by atoms with E-state index in [0.29, 0.717) is 5.41 Å². The van der Waals surface area contributed by atoms with Crippen molar-refractivity contribution in [3.63, 3.8) is 0 Å². The topological polar surface area (TPSA) is 12.0 Å². The molecular weight excluding hydrogens is 206 g/mol. The predicted molar refractivity (Wildman–Crippen MR) is 75.2 cm³/mol. The highest BCUT2D eigenvalue weighted by Gasteiger charge is 2.32. The maximum atomic E-state index is 3.93. The smallest absolute Gasteiger partial charge is 0.00749 e. The first-order valence-corrected chi connectivity index (χ1v) is 7.83. The minimum Gasteiger partial charge on any atom is -0.311 e. The van der Waals surface area contributed by atoms with Crippen LogP contribution in [0.4, 0.5) is 0 Å². The summed E-state index contributed by atoms with van der Waals surface area (Å²) in [5, 5.41) is 3.93. The lowest BCUT2D eigenvalue weighted by molar-refractivity contribution is 0.295. The fourth-order valence-electron chi connectivity index (χ4n) is 3.90. The normalized spacial score (nSPS) is 32.3. The highest BCUT2D eigenvalue weighted by Crippen LogP contribution is 2.37. The molecule has 0 aliphatic heterocycles. The van der Waals surface area contributed by atoms with Gasteiger partial charge in [-0.15, -0.1) is 0 Å². The summed E-state index contributed by atoms with van der Waals surface area (Å²) in [6.07, 6.45) is 13.0. The third kappa shape index (κ3) is 3.98. The van der Waals surface area contributed by atoms with Gasteiger partial charge in [-0.3, -0.25) is 0 Å². The standard InChI is InChI=1S/C16H31N/c1-13(14-8-6-4-5-7-9-14)17-15-10-11-16(2,3)12-15/h13-15,17H,4-12H2,1-3H3/t13-,15?/m1/s1. The Morgan fingerprint density at radius 2 is 1.65 bits per heavy atom. The van der Waals surface area contributed by atoms with Gasteiger partial charge in [0.15, 0.2) is 0 Å². The van der Waals surface area contributed by atoms with Gasteiger partial charge in [-0.1, -0.05) is 39.5 Å². The highest BCUT2D eigenvalue weighted by atomic mass is 15.0. The summed E-state index contributed by atoms with van der Waals surface area (Å²) in [4.78, 5) is 0. The second kappa shape index (κ2) is 5.73. The average Bonchev–Trinajstić information content (AvgIpc) is 2.52. The van der Waals surface area contributed by atoms with Gasteiger partial charge in [-0.25, -0.2) is 0 Å².